The molecule has 0 aromatic heterocycles. The van der Waals surface area contributed by atoms with E-state index in [1.807, 2.05) is 0 Å². The molecule has 0 bridgehead atoms. The minimum atomic E-state index is -0.327. The fraction of sp³-hybridized carbons (Fsp3) is 0.143. The van der Waals surface area contributed by atoms with Crippen LogP contribution in [-0.2, 0) is 9.59 Å². The number of halogens is 2. The van der Waals surface area contributed by atoms with Crippen LogP contribution < -0.4 is 21.5 Å². The maximum absolute atomic E-state index is 12.4. The second-order valence-corrected chi connectivity index (χ2v) is 11.3. The number of benzene rings is 4. The first-order chi connectivity index (χ1) is 22.6. The molecule has 0 atom stereocenters. The van der Waals surface area contributed by atoms with E-state index in [4.69, 9.17) is 23.2 Å². The van der Waals surface area contributed by atoms with E-state index in [-0.39, 0.29) is 36.5 Å². The molecule has 0 aliphatic rings. The Kier molecular flexibility index (Phi) is 12.4. The monoisotopic (exact) mass is 670 g/mol. The number of nitrogens with zero attached hydrogens (tertiary/aromatic N) is 2. The molecule has 0 aliphatic heterocycles. The predicted octanol–water partition coefficient (Wildman–Crippen LogP) is 7.05. The normalized spacial score (nSPS) is 11.4. The molecular weight excluding hydrogens is 639 g/mol. The highest BCUT2D eigenvalue weighted by Crippen LogP contribution is 2.16. The molecule has 10 nitrogen and oxygen atoms in total. The van der Waals surface area contributed by atoms with Gasteiger partial charge in [0.25, 0.3) is 11.8 Å². The minimum Gasteiger partial charge on any atom is -0.322 e. The van der Waals surface area contributed by atoms with E-state index in [1.54, 1.807) is 111 Å². The molecule has 47 heavy (non-hydrogen) atoms. The van der Waals surface area contributed by atoms with Gasteiger partial charge in [0, 0.05) is 45.4 Å². The van der Waals surface area contributed by atoms with Crippen molar-refractivity contribution >= 4 is 69.6 Å². The first-order valence-corrected chi connectivity index (χ1v) is 15.3. The van der Waals surface area contributed by atoms with Gasteiger partial charge in [-0.25, -0.2) is 10.9 Å². The molecule has 4 rings (SSSR count). The molecular formula is C35H32Cl2N6O4. The molecule has 4 aromatic carbocycles. The van der Waals surface area contributed by atoms with Crippen molar-refractivity contribution in [1.29, 1.82) is 0 Å². The number of hydrazone groups is 2. The number of rotatable bonds is 12. The van der Waals surface area contributed by atoms with Crippen molar-refractivity contribution in [1.82, 2.24) is 10.9 Å². The van der Waals surface area contributed by atoms with E-state index in [0.717, 1.165) is 11.1 Å². The van der Waals surface area contributed by atoms with E-state index in [1.165, 1.54) is 0 Å². The van der Waals surface area contributed by atoms with Gasteiger partial charge >= 0.3 is 0 Å². The zero-order chi connectivity index (χ0) is 33.8. The topological polar surface area (TPSA) is 141 Å². The first-order valence-electron chi connectivity index (χ1n) is 14.6. The summed E-state index contributed by atoms with van der Waals surface area (Å²) in [5.41, 5.74) is 9.88. The molecule has 0 saturated heterocycles. The standard InChI is InChI=1S/C35H32Cl2N6O4/c1-22(24-10-18-30(19-11-24)38-34(46)26-6-14-28(36)15-7-26)40-42-32(44)4-3-5-33(45)43-41-23(2)25-12-20-31(21-13-25)39-35(47)27-8-16-29(37)17-9-27/h6-21H,3-5H2,1-2H3,(H,38,46)(H,39,47)(H,42,44)(H,43,45). The maximum Gasteiger partial charge on any atom is 0.255 e. The van der Waals surface area contributed by atoms with Crippen LogP contribution in [0.15, 0.2) is 107 Å². The Morgan fingerprint density at radius 2 is 0.830 bits per heavy atom. The summed E-state index contributed by atoms with van der Waals surface area (Å²) in [6.45, 7) is 3.50. The highest BCUT2D eigenvalue weighted by Gasteiger charge is 2.09. The van der Waals surface area contributed by atoms with Gasteiger partial charge in [-0.1, -0.05) is 47.5 Å². The number of nitrogens with one attached hydrogen (secondary N) is 4. The second kappa shape index (κ2) is 16.8. The Hall–Kier alpha value is -5.32. The molecule has 0 heterocycles. The van der Waals surface area contributed by atoms with E-state index in [2.05, 4.69) is 31.7 Å². The molecule has 4 aromatic rings. The Morgan fingerprint density at radius 3 is 1.17 bits per heavy atom. The van der Waals surface area contributed by atoms with Crippen LogP contribution in [0.5, 0.6) is 0 Å². The fourth-order valence-electron chi connectivity index (χ4n) is 4.14. The molecule has 4 amide bonds. The van der Waals surface area contributed by atoms with E-state index >= 15 is 0 Å². The molecule has 240 valence electrons. The van der Waals surface area contributed by atoms with Crippen molar-refractivity contribution in [2.75, 3.05) is 10.6 Å². The minimum absolute atomic E-state index is 0.103. The largest absolute Gasteiger partial charge is 0.322 e. The van der Waals surface area contributed by atoms with Gasteiger partial charge in [0.05, 0.1) is 11.4 Å². The molecule has 0 unspecified atom stereocenters. The summed E-state index contributed by atoms with van der Waals surface area (Å²) >= 11 is 11.7. The van der Waals surface area contributed by atoms with Gasteiger partial charge in [-0.15, -0.1) is 0 Å². The summed E-state index contributed by atoms with van der Waals surface area (Å²) in [5, 5.41) is 15.0. The van der Waals surface area contributed by atoms with Crippen molar-refractivity contribution in [2.45, 2.75) is 33.1 Å². The van der Waals surface area contributed by atoms with Crippen molar-refractivity contribution in [3.63, 3.8) is 0 Å². The van der Waals surface area contributed by atoms with Gasteiger partial charge in [-0.2, -0.15) is 10.2 Å². The van der Waals surface area contributed by atoms with Gasteiger partial charge in [0.1, 0.15) is 0 Å². The van der Waals surface area contributed by atoms with Crippen molar-refractivity contribution in [3.05, 3.63) is 129 Å². The average molecular weight is 672 g/mol. The summed E-state index contributed by atoms with van der Waals surface area (Å²) in [7, 11) is 0. The smallest absolute Gasteiger partial charge is 0.255 e. The zero-order valence-electron chi connectivity index (χ0n) is 25.6. The number of hydrogen-bond donors (Lipinski definition) is 4. The second-order valence-electron chi connectivity index (χ2n) is 10.4. The zero-order valence-corrected chi connectivity index (χ0v) is 27.2. The number of anilines is 2. The number of carbonyl (C=O) groups is 4. The van der Waals surface area contributed by atoms with Gasteiger partial charge in [0.15, 0.2) is 0 Å². The van der Waals surface area contributed by atoms with E-state index in [0.29, 0.717) is 50.4 Å². The van der Waals surface area contributed by atoms with Crippen LogP contribution in [0.1, 0.15) is 65.0 Å². The highest BCUT2D eigenvalue weighted by atomic mass is 35.5. The lowest BCUT2D eigenvalue weighted by molar-refractivity contribution is -0.122. The third kappa shape index (κ3) is 10.9. The Bertz CT molecular complexity index is 1660. The molecule has 0 radical (unpaired) electrons. The average Bonchev–Trinajstić information content (AvgIpc) is 3.07. The fourth-order valence-corrected chi connectivity index (χ4v) is 4.39. The van der Waals surface area contributed by atoms with Crippen molar-refractivity contribution < 1.29 is 19.2 Å². The summed E-state index contributed by atoms with van der Waals surface area (Å²) in [5.74, 6) is -1.17. The van der Waals surface area contributed by atoms with Gasteiger partial charge < -0.3 is 10.6 Å². The predicted molar refractivity (Wildman–Crippen MR) is 186 cm³/mol. The number of carbonyl (C=O) groups excluding carboxylic acids is 4. The first kappa shape index (κ1) is 34.6. The highest BCUT2D eigenvalue weighted by molar-refractivity contribution is 6.31. The lowest BCUT2D eigenvalue weighted by Crippen LogP contribution is -2.22. The van der Waals surface area contributed by atoms with Crippen LogP contribution in [0.3, 0.4) is 0 Å². The van der Waals surface area contributed by atoms with Crippen molar-refractivity contribution in [3.8, 4) is 0 Å². The third-order valence-corrected chi connectivity index (χ3v) is 7.34. The maximum atomic E-state index is 12.4. The Labute approximate surface area is 282 Å². The van der Waals surface area contributed by atoms with Gasteiger partial charge in [0.2, 0.25) is 11.8 Å². The van der Waals surface area contributed by atoms with E-state index in [9.17, 15) is 19.2 Å². The van der Waals surface area contributed by atoms with Crippen LogP contribution in [0.25, 0.3) is 0 Å². The van der Waals surface area contributed by atoms with Gasteiger partial charge in [-0.3, -0.25) is 19.2 Å². The molecule has 0 saturated carbocycles. The quantitative estimate of drug-likeness (QED) is 0.0947. The van der Waals surface area contributed by atoms with Crippen LogP contribution in [0.4, 0.5) is 11.4 Å². The van der Waals surface area contributed by atoms with Crippen LogP contribution >= 0.6 is 23.2 Å². The summed E-state index contributed by atoms with van der Waals surface area (Å²) < 4.78 is 0. The summed E-state index contributed by atoms with van der Waals surface area (Å²) in [4.78, 5) is 49.3. The van der Waals surface area contributed by atoms with Crippen LogP contribution in [0, 0.1) is 0 Å². The Morgan fingerprint density at radius 1 is 0.511 bits per heavy atom. The summed E-state index contributed by atoms with van der Waals surface area (Å²) in [6.07, 6.45) is 0.516. The molecule has 12 heteroatoms. The van der Waals surface area contributed by atoms with E-state index < -0.39 is 0 Å². The molecule has 4 N–H and O–H groups in total. The van der Waals surface area contributed by atoms with Crippen LogP contribution in [-0.4, -0.2) is 35.1 Å². The molecule has 0 aliphatic carbocycles. The third-order valence-electron chi connectivity index (χ3n) is 6.84. The number of hydrogen-bond acceptors (Lipinski definition) is 6. The Balaban J connectivity index is 1.16. The number of amides is 4. The lowest BCUT2D eigenvalue weighted by Gasteiger charge is -2.08. The lowest BCUT2D eigenvalue weighted by atomic mass is 10.1. The molecule has 0 spiro atoms. The SMILES string of the molecule is CC(=NNC(=O)CCCC(=O)NN=C(C)c1ccc(NC(=O)c2ccc(Cl)cc2)cc1)c1ccc(NC(=O)c2ccc(Cl)cc2)cc1. The summed E-state index contributed by atoms with van der Waals surface area (Å²) in [6, 6.07) is 27.3. The van der Waals surface area contributed by atoms with Gasteiger partial charge in [-0.05, 0) is 104 Å². The van der Waals surface area contributed by atoms with Crippen LogP contribution in [0.2, 0.25) is 10.0 Å². The van der Waals surface area contributed by atoms with Crippen molar-refractivity contribution in [2.24, 2.45) is 10.2 Å². The molecule has 0 fully saturated rings.